The molecule has 26 heavy (non-hydrogen) atoms. The van der Waals surface area contributed by atoms with Crippen LogP contribution < -0.4 is 0 Å². The van der Waals surface area contributed by atoms with Crippen LogP contribution in [0.4, 0.5) is 26.3 Å². The maximum Gasteiger partial charge on any atom is 0.471 e. The number of hydrogen-bond acceptors (Lipinski definition) is 3. The normalized spacial score (nSPS) is 15.0. The van der Waals surface area contributed by atoms with E-state index >= 15 is 0 Å². The highest BCUT2D eigenvalue weighted by atomic mass is 35.7. The van der Waals surface area contributed by atoms with Crippen LogP contribution >= 0.6 is 10.7 Å². The number of benzene rings is 1. The summed E-state index contributed by atoms with van der Waals surface area (Å²) in [7, 11) is 0.587. The van der Waals surface area contributed by atoms with Crippen molar-refractivity contribution in [1.29, 1.82) is 0 Å². The van der Waals surface area contributed by atoms with E-state index in [0.717, 1.165) is 0 Å². The quantitative estimate of drug-likeness (QED) is 0.502. The second-order valence-corrected chi connectivity index (χ2v) is 7.56. The van der Waals surface area contributed by atoms with Gasteiger partial charge in [-0.2, -0.15) is 26.3 Å². The molecule has 1 aliphatic heterocycles. The molecule has 0 saturated heterocycles. The molecule has 1 aliphatic rings. The number of fused-ring (bicyclic) bond motifs is 1. The van der Waals surface area contributed by atoms with Crippen molar-refractivity contribution in [3.8, 4) is 0 Å². The molecule has 0 N–H and O–H groups in total. The predicted molar refractivity (Wildman–Crippen MR) is 81.0 cm³/mol. The molecule has 0 atom stereocenters. The summed E-state index contributed by atoms with van der Waals surface area (Å²) in [5.41, 5.74) is -1.83. The topological polar surface area (TPSA) is 54.5 Å². The van der Waals surface area contributed by atoms with Gasteiger partial charge in [0.1, 0.15) is 0 Å². The average molecular weight is 426 g/mol. The monoisotopic (exact) mass is 425 g/mol. The lowest BCUT2D eigenvalue weighted by molar-refractivity contribution is -0.186. The fraction of sp³-hybridized carbons (Fsp3) is 0.500. The molecule has 0 bridgehead atoms. The van der Waals surface area contributed by atoms with E-state index in [1.54, 1.807) is 0 Å². The van der Waals surface area contributed by atoms with Gasteiger partial charge < -0.3 is 4.90 Å². The Morgan fingerprint density at radius 2 is 1.65 bits per heavy atom. The number of rotatable bonds is 1. The first-order valence-electron chi connectivity index (χ1n) is 7.25. The minimum atomic E-state index is -5.18. The van der Waals surface area contributed by atoms with Crippen molar-refractivity contribution < 1.29 is 39.6 Å². The van der Waals surface area contributed by atoms with Crippen molar-refractivity contribution in [2.75, 3.05) is 6.54 Å². The van der Waals surface area contributed by atoms with Crippen LogP contribution in [0.15, 0.2) is 17.0 Å². The molecule has 4 nitrogen and oxygen atoms in total. The zero-order valence-corrected chi connectivity index (χ0v) is 15.1. The molecule has 2 rings (SSSR count). The molecular formula is C14H14ClF6NO3S. The highest BCUT2D eigenvalue weighted by molar-refractivity contribution is 8.13. The smallest absolute Gasteiger partial charge is 0.330 e. The highest BCUT2D eigenvalue weighted by Crippen LogP contribution is 2.37. The van der Waals surface area contributed by atoms with Gasteiger partial charge in [-0.1, -0.05) is 13.8 Å². The standard InChI is InChI=1S/C12H8ClF6NO3S.C2H6/c13-24(22,23)9-4-7(11(14,15)16)3-6-5-20(2-1-8(6)9)10(21)12(17,18)19;1-2/h3-4H,1-2,5H2;1-2H3. The van der Waals surface area contributed by atoms with Gasteiger partial charge in [-0.05, 0) is 29.7 Å². The van der Waals surface area contributed by atoms with Crippen LogP contribution in [0.5, 0.6) is 0 Å². The summed E-state index contributed by atoms with van der Waals surface area (Å²) in [6.45, 7) is 2.72. The van der Waals surface area contributed by atoms with E-state index in [9.17, 15) is 39.6 Å². The van der Waals surface area contributed by atoms with Gasteiger partial charge in [0.2, 0.25) is 0 Å². The van der Waals surface area contributed by atoms with Crippen molar-refractivity contribution in [3.05, 3.63) is 28.8 Å². The van der Waals surface area contributed by atoms with Crippen molar-refractivity contribution in [2.45, 2.75) is 44.1 Å². The van der Waals surface area contributed by atoms with Gasteiger partial charge in [0, 0.05) is 23.8 Å². The van der Waals surface area contributed by atoms with E-state index in [1.165, 1.54) is 0 Å². The number of carbonyl (C=O) groups excluding carboxylic acids is 1. The molecule has 1 heterocycles. The van der Waals surface area contributed by atoms with Crippen LogP contribution in [0.2, 0.25) is 0 Å². The number of amides is 1. The van der Waals surface area contributed by atoms with Crippen molar-refractivity contribution in [2.24, 2.45) is 0 Å². The molecule has 1 aromatic rings. The summed E-state index contributed by atoms with van der Waals surface area (Å²) in [5.74, 6) is -2.21. The van der Waals surface area contributed by atoms with Gasteiger partial charge in [0.25, 0.3) is 9.05 Å². The third kappa shape index (κ3) is 5.03. The molecule has 0 saturated carbocycles. The molecule has 12 heteroatoms. The lowest BCUT2D eigenvalue weighted by Crippen LogP contribution is -2.44. The third-order valence-corrected chi connectivity index (χ3v) is 4.80. The molecule has 0 aromatic heterocycles. The molecule has 0 unspecified atom stereocenters. The number of hydrogen-bond donors (Lipinski definition) is 0. The second kappa shape index (κ2) is 7.63. The zero-order chi connectivity index (χ0) is 20.5. The number of halogens is 7. The van der Waals surface area contributed by atoms with Gasteiger partial charge in [-0.15, -0.1) is 0 Å². The minimum Gasteiger partial charge on any atom is -0.330 e. The summed E-state index contributed by atoms with van der Waals surface area (Å²) in [6.07, 6.45) is -10.5. The van der Waals surface area contributed by atoms with E-state index in [1.807, 2.05) is 13.8 Å². The molecule has 0 spiro atoms. The highest BCUT2D eigenvalue weighted by Gasteiger charge is 2.44. The summed E-state index contributed by atoms with van der Waals surface area (Å²) >= 11 is 0. The molecule has 0 aliphatic carbocycles. The van der Waals surface area contributed by atoms with E-state index in [0.29, 0.717) is 17.0 Å². The SMILES string of the molecule is CC.O=C(N1CCc2c(cc(C(F)(F)F)cc2S(=O)(=O)Cl)C1)C(F)(F)F. The molecule has 1 amide bonds. The Bertz CT molecular complexity index is 789. The predicted octanol–water partition coefficient (Wildman–Crippen LogP) is 4.11. The maximum absolute atomic E-state index is 12.9. The summed E-state index contributed by atoms with van der Waals surface area (Å²) in [4.78, 5) is 10.7. The van der Waals surface area contributed by atoms with E-state index in [4.69, 9.17) is 10.7 Å². The Morgan fingerprint density at radius 1 is 1.12 bits per heavy atom. The van der Waals surface area contributed by atoms with Crippen LogP contribution in [0.1, 0.15) is 30.5 Å². The van der Waals surface area contributed by atoms with E-state index in [-0.39, 0.29) is 17.5 Å². The van der Waals surface area contributed by atoms with Crippen LogP contribution in [0.3, 0.4) is 0 Å². The molecule has 148 valence electrons. The Morgan fingerprint density at radius 3 is 2.08 bits per heavy atom. The van der Waals surface area contributed by atoms with E-state index < -0.39 is 50.9 Å². The lowest BCUT2D eigenvalue weighted by Gasteiger charge is -2.30. The van der Waals surface area contributed by atoms with Gasteiger partial charge >= 0.3 is 18.3 Å². The third-order valence-electron chi connectivity index (χ3n) is 3.41. The van der Waals surface area contributed by atoms with Crippen molar-refractivity contribution >= 4 is 25.6 Å². The lowest BCUT2D eigenvalue weighted by atomic mass is 9.97. The minimum absolute atomic E-state index is 0.121. The van der Waals surface area contributed by atoms with Gasteiger partial charge in [0.15, 0.2) is 0 Å². The largest absolute Gasteiger partial charge is 0.471 e. The summed E-state index contributed by atoms with van der Waals surface area (Å²) in [6, 6.07) is 0.860. The fourth-order valence-electron chi connectivity index (χ4n) is 2.39. The van der Waals surface area contributed by atoms with Gasteiger partial charge in [-0.3, -0.25) is 4.79 Å². The van der Waals surface area contributed by atoms with Crippen LogP contribution in [-0.2, 0) is 33.0 Å². The number of alkyl halides is 6. The maximum atomic E-state index is 12.9. The first-order chi connectivity index (χ1) is 11.7. The molecule has 1 aromatic carbocycles. The number of carbonyl (C=O) groups is 1. The van der Waals surface area contributed by atoms with E-state index in [2.05, 4.69) is 0 Å². The zero-order valence-electron chi connectivity index (χ0n) is 13.5. The Labute approximate surface area is 150 Å². The Balaban J connectivity index is 0.00000163. The van der Waals surface area contributed by atoms with Crippen LogP contribution in [-0.4, -0.2) is 31.9 Å². The average Bonchev–Trinajstić information content (AvgIpc) is 2.51. The molecule has 0 fully saturated rings. The summed E-state index contributed by atoms with van der Waals surface area (Å²) < 4.78 is 99.0. The first kappa shape index (κ1) is 22.6. The first-order valence-corrected chi connectivity index (χ1v) is 9.56. The van der Waals surface area contributed by atoms with Gasteiger partial charge in [-0.25, -0.2) is 8.42 Å². The molecule has 0 radical (unpaired) electrons. The van der Waals surface area contributed by atoms with Crippen molar-refractivity contribution in [1.82, 2.24) is 4.90 Å². The van der Waals surface area contributed by atoms with Crippen molar-refractivity contribution in [3.63, 3.8) is 0 Å². The Kier molecular flexibility index (Phi) is 6.62. The second-order valence-electron chi connectivity index (χ2n) is 5.02. The van der Waals surface area contributed by atoms with Gasteiger partial charge in [0.05, 0.1) is 10.5 Å². The molecular weight excluding hydrogens is 412 g/mol. The van der Waals surface area contributed by atoms with Crippen LogP contribution in [0.25, 0.3) is 0 Å². The number of nitrogens with zero attached hydrogens (tertiary/aromatic N) is 1. The Hall–Kier alpha value is -1.49. The summed E-state index contributed by atoms with van der Waals surface area (Å²) in [5, 5.41) is 0. The fourth-order valence-corrected chi connectivity index (χ4v) is 3.60. The van der Waals surface area contributed by atoms with Crippen LogP contribution in [0, 0.1) is 0 Å².